The largest absolute Gasteiger partial charge is 0.465 e. The smallest absolute Gasteiger partial charge is 0.409 e. The monoisotopic (exact) mass is 588 g/mol. The lowest BCUT2D eigenvalue weighted by Crippen LogP contribution is -2.63. The average Bonchev–Trinajstić information content (AvgIpc) is 3.42. The topological polar surface area (TPSA) is 143 Å². The number of allylic oxidation sites excluding steroid dienone is 4. The molecule has 0 spiro atoms. The number of carbonyl (C=O) groups is 4. The van der Waals surface area contributed by atoms with Crippen molar-refractivity contribution in [3.63, 3.8) is 0 Å². The van der Waals surface area contributed by atoms with Crippen molar-refractivity contribution in [1.82, 2.24) is 9.80 Å². The molecule has 5 aliphatic rings. The minimum absolute atomic E-state index is 0.0196. The number of rotatable bonds is 8. The molecule has 1 saturated heterocycles. The molecular formula is C31H44N2O9. The Balaban J connectivity index is 1.39. The second-order valence-corrected chi connectivity index (χ2v) is 13.2. The summed E-state index contributed by atoms with van der Waals surface area (Å²) in [6, 6.07) is 0. The summed E-state index contributed by atoms with van der Waals surface area (Å²) in [5, 5.41) is 20.9. The summed E-state index contributed by atoms with van der Waals surface area (Å²) in [5.74, 6) is -0.388. The number of Topliss-reactive ketones (excluding diaryl/α,β-unsaturated/α-hetero) is 1. The van der Waals surface area contributed by atoms with Crippen LogP contribution in [-0.2, 0) is 23.8 Å². The minimum Gasteiger partial charge on any atom is -0.465 e. The molecule has 42 heavy (non-hydrogen) atoms. The number of aliphatic hydroxyl groups is 1. The fraction of sp³-hybridized carbons (Fsp3) is 0.742. The van der Waals surface area contributed by atoms with Gasteiger partial charge >= 0.3 is 12.2 Å². The Morgan fingerprint density at radius 1 is 1.17 bits per heavy atom. The number of nitrogens with zero attached hydrogens (tertiary/aromatic N) is 2. The molecule has 3 saturated carbocycles. The summed E-state index contributed by atoms with van der Waals surface area (Å²) in [4.78, 5) is 52.5. The van der Waals surface area contributed by atoms with Gasteiger partial charge in [-0.25, -0.2) is 9.59 Å². The first kappa shape index (κ1) is 30.7. The zero-order valence-corrected chi connectivity index (χ0v) is 25.2. The van der Waals surface area contributed by atoms with Crippen molar-refractivity contribution in [3.8, 4) is 0 Å². The minimum atomic E-state index is -1.37. The van der Waals surface area contributed by atoms with Crippen molar-refractivity contribution >= 4 is 23.8 Å². The van der Waals surface area contributed by atoms with Crippen LogP contribution in [0.1, 0.15) is 59.3 Å². The first-order valence-corrected chi connectivity index (χ1v) is 15.1. The third kappa shape index (κ3) is 4.68. The van der Waals surface area contributed by atoms with Crippen molar-refractivity contribution in [2.45, 2.75) is 83.4 Å². The lowest BCUT2D eigenvalue weighted by molar-refractivity contribution is -0.200. The van der Waals surface area contributed by atoms with Crippen molar-refractivity contribution in [3.05, 3.63) is 23.8 Å². The molecule has 1 unspecified atom stereocenters. The lowest BCUT2D eigenvalue weighted by Gasteiger charge is -2.59. The van der Waals surface area contributed by atoms with Gasteiger partial charge in [-0.05, 0) is 56.1 Å². The molecule has 0 aromatic carbocycles. The van der Waals surface area contributed by atoms with Gasteiger partial charge in [0.25, 0.3) is 0 Å². The number of likely N-dealkylation sites (N-methyl/N-ethyl adjacent to an activating group) is 2. The van der Waals surface area contributed by atoms with E-state index in [1.165, 1.54) is 19.0 Å². The van der Waals surface area contributed by atoms with Crippen LogP contribution in [0, 0.1) is 28.6 Å². The molecule has 1 heterocycles. The summed E-state index contributed by atoms with van der Waals surface area (Å²) in [5.41, 5.74) is -1.51. The van der Waals surface area contributed by atoms with Crippen LogP contribution in [0.15, 0.2) is 23.8 Å². The van der Waals surface area contributed by atoms with Gasteiger partial charge in [-0.1, -0.05) is 38.8 Å². The Morgan fingerprint density at radius 3 is 2.57 bits per heavy atom. The molecule has 0 aromatic rings. The molecule has 0 aromatic heterocycles. The zero-order valence-electron chi connectivity index (χ0n) is 25.2. The molecule has 5 rings (SSSR count). The van der Waals surface area contributed by atoms with Gasteiger partial charge in [0.15, 0.2) is 24.3 Å². The van der Waals surface area contributed by atoms with Gasteiger partial charge in [-0.3, -0.25) is 9.59 Å². The number of hydrogen-bond acceptors (Lipinski definition) is 8. The van der Waals surface area contributed by atoms with Crippen LogP contribution in [0.2, 0.25) is 0 Å². The summed E-state index contributed by atoms with van der Waals surface area (Å²) in [6.07, 6.45) is 5.50. The van der Waals surface area contributed by atoms with Crippen LogP contribution in [0.4, 0.5) is 9.59 Å². The second-order valence-electron chi connectivity index (χ2n) is 13.2. The number of aliphatic hydroxyl groups excluding tert-OH is 1. The summed E-state index contributed by atoms with van der Waals surface area (Å²) in [6.45, 7) is 5.83. The summed E-state index contributed by atoms with van der Waals surface area (Å²) >= 11 is 0. The van der Waals surface area contributed by atoms with Crippen molar-refractivity contribution < 1.29 is 43.6 Å². The molecule has 2 amide bonds. The number of carboxylic acid groups (broad SMARTS) is 1. The van der Waals surface area contributed by atoms with E-state index in [4.69, 9.17) is 19.3 Å². The van der Waals surface area contributed by atoms with Gasteiger partial charge in [-0.2, -0.15) is 0 Å². The fourth-order valence-electron chi connectivity index (χ4n) is 8.84. The molecule has 9 atom stereocenters. The van der Waals surface area contributed by atoms with E-state index in [0.717, 1.165) is 29.7 Å². The van der Waals surface area contributed by atoms with Gasteiger partial charge in [-0.15, -0.1) is 0 Å². The number of fused-ring (bicyclic) bond motifs is 7. The third-order valence-electron chi connectivity index (χ3n) is 11.0. The number of ketones is 2. The maximum absolute atomic E-state index is 14.2. The Labute approximate surface area is 246 Å². The highest BCUT2D eigenvalue weighted by molar-refractivity contribution is 6.01. The zero-order chi connectivity index (χ0) is 30.6. The van der Waals surface area contributed by atoms with Crippen LogP contribution in [0.3, 0.4) is 0 Å². The van der Waals surface area contributed by atoms with E-state index < -0.39 is 53.7 Å². The quantitative estimate of drug-likeness (QED) is 0.436. The van der Waals surface area contributed by atoms with Crippen LogP contribution >= 0.6 is 0 Å². The molecule has 4 aliphatic carbocycles. The van der Waals surface area contributed by atoms with E-state index in [1.54, 1.807) is 12.2 Å². The Kier molecular flexibility index (Phi) is 8.08. The highest BCUT2D eigenvalue weighted by atomic mass is 16.7. The van der Waals surface area contributed by atoms with Gasteiger partial charge in [0, 0.05) is 43.9 Å². The average molecular weight is 589 g/mol. The Bertz CT molecular complexity index is 1200. The molecule has 11 heteroatoms. The standard InChI is InChI=1S/C31H44N2O9/c1-6-7-25-41-24-15-21-20-9-8-18-14-19(34)10-11-29(18,2)26(20)22(35)16-30(21,3)31(24,42-25)23(36)17-40-28(39)33(5)13-12-32(4)27(37)38/h10-11,14,20-22,24-26,35H,6-9,12-13,15-17H2,1-5H3,(H,37,38)/t20-,21-,22-,24-,25?,26+,29-,30-,31+/m0/s1. The molecule has 2 N–H and O–H groups in total. The van der Waals surface area contributed by atoms with E-state index in [9.17, 15) is 24.3 Å². The first-order chi connectivity index (χ1) is 19.8. The number of hydrogen-bond donors (Lipinski definition) is 2. The van der Waals surface area contributed by atoms with E-state index in [1.807, 2.05) is 19.9 Å². The molecule has 1 aliphatic heterocycles. The van der Waals surface area contributed by atoms with Gasteiger partial charge in [0.2, 0.25) is 5.78 Å². The third-order valence-corrected chi connectivity index (χ3v) is 11.0. The predicted molar refractivity (Wildman–Crippen MR) is 150 cm³/mol. The SMILES string of the molecule is CCCC1O[C@H]2C[C@H]3[C@@H]4CCC5=CC(=O)C=C[C@]5(C)[C@H]4[C@@H](O)C[C@]3(C)[C@]2(C(=O)COC(=O)N(C)CCN(C)C(=O)O)O1. The summed E-state index contributed by atoms with van der Waals surface area (Å²) < 4.78 is 18.4. The van der Waals surface area contributed by atoms with Crippen molar-refractivity contribution in [1.29, 1.82) is 0 Å². The maximum Gasteiger partial charge on any atom is 0.409 e. The second kappa shape index (κ2) is 11.1. The van der Waals surface area contributed by atoms with Crippen LogP contribution < -0.4 is 0 Å². The molecule has 0 bridgehead atoms. The summed E-state index contributed by atoms with van der Waals surface area (Å²) in [7, 11) is 2.89. The highest BCUT2D eigenvalue weighted by Gasteiger charge is 2.75. The number of amides is 2. The van der Waals surface area contributed by atoms with Gasteiger partial charge in [0.1, 0.15) is 0 Å². The normalized spacial score (nSPS) is 39.9. The highest BCUT2D eigenvalue weighted by Crippen LogP contribution is 2.69. The van der Waals surface area contributed by atoms with Crippen molar-refractivity contribution in [2.24, 2.45) is 28.6 Å². The van der Waals surface area contributed by atoms with E-state index >= 15 is 0 Å². The van der Waals surface area contributed by atoms with E-state index in [0.29, 0.717) is 19.3 Å². The Morgan fingerprint density at radius 2 is 1.88 bits per heavy atom. The van der Waals surface area contributed by atoms with Crippen LogP contribution in [0.25, 0.3) is 0 Å². The van der Waals surface area contributed by atoms with Crippen molar-refractivity contribution in [2.75, 3.05) is 33.8 Å². The lowest BCUT2D eigenvalue weighted by atomic mass is 9.46. The Hall–Kier alpha value is -2.76. The molecular weight excluding hydrogens is 544 g/mol. The number of ether oxygens (including phenoxy) is 3. The van der Waals surface area contributed by atoms with Crippen LogP contribution in [0.5, 0.6) is 0 Å². The fourth-order valence-corrected chi connectivity index (χ4v) is 8.84. The van der Waals surface area contributed by atoms with Crippen LogP contribution in [-0.4, -0.2) is 102 Å². The van der Waals surface area contributed by atoms with Gasteiger partial charge in [0.05, 0.1) is 12.2 Å². The molecule has 0 radical (unpaired) electrons. The number of carbonyl (C=O) groups excluding carboxylic acids is 3. The van der Waals surface area contributed by atoms with Gasteiger partial charge < -0.3 is 34.2 Å². The molecule has 4 fully saturated rings. The molecule has 11 nitrogen and oxygen atoms in total. The first-order valence-electron chi connectivity index (χ1n) is 15.1. The molecule has 232 valence electrons. The maximum atomic E-state index is 14.2. The predicted octanol–water partition coefficient (Wildman–Crippen LogP) is 3.40. The van der Waals surface area contributed by atoms with E-state index in [-0.39, 0.29) is 42.4 Å². The van der Waals surface area contributed by atoms with E-state index in [2.05, 4.69) is 6.92 Å².